The van der Waals surface area contributed by atoms with Crippen molar-refractivity contribution in [3.63, 3.8) is 0 Å². The van der Waals surface area contributed by atoms with Gasteiger partial charge in [0.1, 0.15) is 0 Å². The summed E-state index contributed by atoms with van der Waals surface area (Å²) in [6.07, 6.45) is 0.969. The molecule has 0 aliphatic carbocycles. The van der Waals surface area contributed by atoms with E-state index in [2.05, 4.69) is 14.6 Å². The molecule has 0 radical (unpaired) electrons. The smallest absolute Gasteiger partial charge is 0.215 e. The second-order valence-electron chi connectivity index (χ2n) is 4.66. The van der Waals surface area contributed by atoms with Crippen molar-refractivity contribution in [2.45, 2.75) is 6.42 Å². The second kappa shape index (κ2) is 7.00. The molecule has 3 nitrogen and oxygen atoms in total. The average molecular weight is 298 g/mol. The first-order valence-electron chi connectivity index (χ1n) is 6.46. The predicted molar refractivity (Wildman–Crippen MR) is 81.2 cm³/mol. The fourth-order valence-electron chi connectivity index (χ4n) is 2.28. The molecule has 0 N–H and O–H groups in total. The van der Waals surface area contributed by atoms with E-state index in [0.29, 0.717) is 16.6 Å². The lowest BCUT2D eigenvalue weighted by Crippen LogP contribution is -2.46. The van der Waals surface area contributed by atoms with Crippen molar-refractivity contribution in [2.75, 3.05) is 44.2 Å². The Morgan fingerprint density at radius 1 is 1.11 bits per heavy atom. The number of hydrogen-bond acceptors (Lipinski definition) is 2. The Hall–Kier alpha value is -0.950. The number of benzene rings is 1. The van der Waals surface area contributed by atoms with Crippen LogP contribution in [-0.2, 0) is 0 Å². The molecule has 1 fully saturated rings. The van der Waals surface area contributed by atoms with Crippen LogP contribution in [0, 0.1) is 6.57 Å². The SMILES string of the molecule is [C-]#[N+]CCCN1CCN(c2ccc(Cl)c(Cl)c2)CC1. The molecule has 1 heterocycles. The van der Waals surface area contributed by atoms with Gasteiger partial charge in [0.15, 0.2) is 0 Å². The maximum absolute atomic E-state index is 6.78. The lowest BCUT2D eigenvalue weighted by atomic mass is 10.2. The van der Waals surface area contributed by atoms with E-state index in [1.165, 1.54) is 0 Å². The van der Waals surface area contributed by atoms with Crippen LogP contribution in [0.4, 0.5) is 5.69 Å². The molecule has 1 aromatic carbocycles. The highest BCUT2D eigenvalue weighted by molar-refractivity contribution is 6.42. The minimum absolute atomic E-state index is 0.600. The number of anilines is 1. The Balaban J connectivity index is 1.86. The van der Waals surface area contributed by atoms with Gasteiger partial charge in [-0.05, 0) is 18.2 Å². The normalized spacial score (nSPS) is 16.4. The fourth-order valence-corrected chi connectivity index (χ4v) is 2.58. The van der Waals surface area contributed by atoms with Gasteiger partial charge in [0.25, 0.3) is 0 Å². The Kier molecular flexibility index (Phi) is 5.33. The van der Waals surface area contributed by atoms with E-state index in [0.717, 1.165) is 44.8 Å². The van der Waals surface area contributed by atoms with Gasteiger partial charge >= 0.3 is 0 Å². The molecule has 2 rings (SSSR count). The second-order valence-corrected chi connectivity index (χ2v) is 5.48. The molecule has 0 spiro atoms. The molecule has 102 valence electrons. The maximum atomic E-state index is 6.78. The highest BCUT2D eigenvalue weighted by atomic mass is 35.5. The summed E-state index contributed by atoms with van der Waals surface area (Å²) in [5, 5.41) is 1.21. The number of nitrogens with zero attached hydrogens (tertiary/aromatic N) is 3. The van der Waals surface area contributed by atoms with Gasteiger partial charge in [-0.25, -0.2) is 6.57 Å². The van der Waals surface area contributed by atoms with Crippen LogP contribution < -0.4 is 4.90 Å². The average Bonchev–Trinajstić information content (AvgIpc) is 2.43. The van der Waals surface area contributed by atoms with Crippen LogP contribution in [0.1, 0.15) is 6.42 Å². The zero-order chi connectivity index (χ0) is 13.7. The number of hydrogen-bond donors (Lipinski definition) is 0. The van der Waals surface area contributed by atoms with Crippen LogP contribution in [0.15, 0.2) is 18.2 Å². The van der Waals surface area contributed by atoms with Crippen LogP contribution in [0.2, 0.25) is 10.0 Å². The number of piperazine rings is 1. The van der Waals surface area contributed by atoms with E-state index in [9.17, 15) is 0 Å². The first-order chi connectivity index (χ1) is 9.20. The van der Waals surface area contributed by atoms with Crippen molar-refractivity contribution in [3.05, 3.63) is 39.7 Å². The summed E-state index contributed by atoms with van der Waals surface area (Å²) < 4.78 is 0. The van der Waals surface area contributed by atoms with Crippen LogP contribution in [0.3, 0.4) is 0 Å². The third-order valence-corrected chi connectivity index (χ3v) is 4.12. The van der Waals surface area contributed by atoms with E-state index in [-0.39, 0.29) is 0 Å². The monoisotopic (exact) mass is 297 g/mol. The molecule has 5 heteroatoms. The van der Waals surface area contributed by atoms with E-state index in [1.807, 2.05) is 18.2 Å². The Bertz CT molecular complexity index is 462. The largest absolute Gasteiger partial charge is 0.369 e. The van der Waals surface area contributed by atoms with Crippen molar-refractivity contribution < 1.29 is 0 Å². The van der Waals surface area contributed by atoms with Crippen LogP contribution in [0.5, 0.6) is 0 Å². The molecule has 0 saturated carbocycles. The molecule has 1 aliphatic heterocycles. The van der Waals surface area contributed by atoms with E-state index in [1.54, 1.807) is 0 Å². The summed E-state index contributed by atoms with van der Waals surface area (Å²) in [6.45, 7) is 12.5. The molecule has 0 unspecified atom stereocenters. The first kappa shape index (κ1) is 14.5. The van der Waals surface area contributed by atoms with Gasteiger partial charge in [-0.15, -0.1) is 0 Å². The van der Waals surface area contributed by atoms with E-state index < -0.39 is 0 Å². The maximum Gasteiger partial charge on any atom is 0.215 e. The van der Waals surface area contributed by atoms with Crippen LogP contribution in [-0.4, -0.2) is 44.2 Å². The van der Waals surface area contributed by atoms with E-state index in [4.69, 9.17) is 29.8 Å². The van der Waals surface area contributed by atoms with Gasteiger partial charge in [-0.1, -0.05) is 23.2 Å². The minimum Gasteiger partial charge on any atom is -0.369 e. The quantitative estimate of drug-likeness (QED) is 0.623. The van der Waals surface area contributed by atoms with Gasteiger partial charge in [0, 0.05) is 44.8 Å². The molecular formula is C14H17Cl2N3. The molecular weight excluding hydrogens is 281 g/mol. The summed E-state index contributed by atoms with van der Waals surface area (Å²) in [5.41, 5.74) is 1.13. The van der Waals surface area contributed by atoms with E-state index >= 15 is 0 Å². The third kappa shape index (κ3) is 4.01. The van der Waals surface area contributed by atoms with Gasteiger partial charge in [-0.3, -0.25) is 4.90 Å². The molecule has 0 aromatic heterocycles. The summed E-state index contributed by atoms with van der Waals surface area (Å²) in [4.78, 5) is 8.13. The number of halogens is 2. The van der Waals surface area contributed by atoms with Crippen LogP contribution >= 0.6 is 23.2 Å². The third-order valence-electron chi connectivity index (χ3n) is 3.38. The van der Waals surface area contributed by atoms with Crippen molar-refractivity contribution in [3.8, 4) is 0 Å². The predicted octanol–water partition coefficient (Wildman–Crippen LogP) is 3.42. The molecule has 0 bridgehead atoms. The lowest BCUT2D eigenvalue weighted by molar-refractivity contribution is 0.258. The zero-order valence-corrected chi connectivity index (χ0v) is 12.3. The summed E-state index contributed by atoms with van der Waals surface area (Å²) in [7, 11) is 0. The molecule has 0 amide bonds. The van der Waals surface area contributed by atoms with Gasteiger partial charge in [0.05, 0.1) is 10.0 Å². The molecule has 0 atom stereocenters. The molecule has 1 aliphatic rings. The number of rotatable bonds is 4. The first-order valence-corrected chi connectivity index (χ1v) is 7.22. The summed E-state index contributed by atoms with van der Waals surface area (Å²) in [5.74, 6) is 0. The summed E-state index contributed by atoms with van der Waals surface area (Å²) >= 11 is 12.0. The van der Waals surface area contributed by atoms with Gasteiger partial charge < -0.3 is 9.74 Å². The Morgan fingerprint density at radius 3 is 2.47 bits per heavy atom. The standard InChI is InChI=1S/C14H17Cl2N3/c1-17-5-2-6-18-7-9-19(10-8-18)12-3-4-13(15)14(16)11-12/h3-4,11H,2,5-10H2. The highest BCUT2D eigenvalue weighted by Crippen LogP contribution is 2.27. The summed E-state index contributed by atoms with van der Waals surface area (Å²) in [6, 6.07) is 5.79. The molecule has 1 saturated heterocycles. The lowest BCUT2D eigenvalue weighted by Gasteiger charge is -2.36. The van der Waals surface area contributed by atoms with Gasteiger partial charge in [-0.2, -0.15) is 0 Å². The fraction of sp³-hybridized carbons (Fsp3) is 0.500. The van der Waals surface area contributed by atoms with Crippen molar-refractivity contribution in [1.29, 1.82) is 0 Å². The van der Waals surface area contributed by atoms with Crippen LogP contribution in [0.25, 0.3) is 4.85 Å². The Morgan fingerprint density at radius 2 is 1.84 bits per heavy atom. The zero-order valence-electron chi connectivity index (χ0n) is 10.8. The van der Waals surface area contributed by atoms with Crippen molar-refractivity contribution in [1.82, 2.24) is 4.90 Å². The van der Waals surface area contributed by atoms with Crippen molar-refractivity contribution in [2.24, 2.45) is 0 Å². The highest BCUT2D eigenvalue weighted by Gasteiger charge is 2.17. The topological polar surface area (TPSA) is 10.8 Å². The molecule has 19 heavy (non-hydrogen) atoms. The molecule has 1 aromatic rings. The Labute approximate surface area is 124 Å². The van der Waals surface area contributed by atoms with Gasteiger partial charge in [0.2, 0.25) is 6.54 Å². The van der Waals surface area contributed by atoms with Crippen molar-refractivity contribution >= 4 is 28.9 Å². The minimum atomic E-state index is 0.600.